The monoisotopic (exact) mass is 382 g/mol. The van der Waals surface area contributed by atoms with E-state index < -0.39 is 0 Å². The Labute approximate surface area is 148 Å². The van der Waals surface area contributed by atoms with E-state index in [4.69, 9.17) is 0 Å². The molecule has 2 N–H and O–H groups in total. The van der Waals surface area contributed by atoms with Gasteiger partial charge in [-0.1, -0.05) is 52.3 Å². The molecule has 0 saturated carbocycles. The molecule has 0 aliphatic rings. The number of halogens is 1. The largest absolute Gasteiger partial charge is 0.347 e. The Morgan fingerprint density at radius 2 is 1.88 bits per heavy atom. The zero-order valence-electron chi connectivity index (χ0n) is 12.7. The molecule has 24 heavy (non-hydrogen) atoms. The van der Waals surface area contributed by atoms with Crippen LogP contribution in [-0.2, 0) is 6.54 Å². The van der Waals surface area contributed by atoms with Gasteiger partial charge in [0.15, 0.2) is 0 Å². The molecule has 0 radical (unpaired) electrons. The van der Waals surface area contributed by atoms with Crippen molar-refractivity contribution in [3.63, 3.8) is 0 Å². The molecule has 0 aliphatic heterocycles. The quantitative estimate of drug-likeness (QED) is 0.701. The molecule has 0 atom stereocenters. The highest BCUT2D eigenvalue weighted by Crippen LogP contribution is 2.18. The minimum absolute atomic E-state index is 0.237. The summed E-state index contributed by atoms with van der Waals surface area (Å²) in [6.45, 7) is 0.456. The lowest BCUT2D eigenvalue weighted by Gasteiger charge is -2.08. The number of benzene rings is 2. The second-order valence-corrected chi connectivity index (χ2v) is 5.98. The van der Waals surface area contributed by atoms with E-state index in [9.17, 15) is 4.79 Å². The van der Waals surface area contributed by atoms with Crippen LogP contribution in [0.1, 0.15) is 16.1 Å². The maximum atomic E-state index is 12.2. The van der Waals surface area contributed by atoms with Crippen LogP contribution in [0.2, 0.25) is 0 Å². The van der Waals surface area contributed by atoms with E-state index in [0.29, 0.717) is 18.2 Å². The third-order valence-electron chi connectivity index (χ3n) is 3.26. The van der Waals surface area contributed by atoms with Gasteiger partial charge >= 0.3 is 0 Å². The Balaban J connectivity index is 1.67. The summed E-state index contributed by atoms with van der Waals surface area (Å²) < 4.78 is 0.948. The standard InChI is InChI=1S/C18H15BrN4O/c19-14-7-4-8-15(11-14)22-18-20-10-9-16(23-18)17(24)21-12-13-5-2-1-3-6-13/h1-11H,12H2,(H,21,24)(H,20,22,23). The van der Waals surface area contributed by atoms with Crippen molar-refractivity contribution in [1.82, 2.24) is 15.3 Å². The molecule has 0 bridgehead atoms. The summed E-state index contributed by atoms with van der Waals surface area (Å²) in [6, 6.07) is 19.0. The van der Waals surface area contributed by atoms with Crippen LogP contribution >= 0.6 is 15.9 Å². The van der Waals surface area contributed by atoms with E-state index in [1.807, 2.05) is 54.6 Å². The number of carbonyl (C=O) groups excluding carboxylic acids is 1. The maximum Gasteiger partial charge on any atom is 0.270 e. The van der Waals surface area contributed by atoms with Gasteiger partial charge in [-0.05, 0) is 29.8 Å². The predicted octanol–water partition coefficient (Wildman–Crippen LogP) is 3.91. The molecule has 5 nitrogen and oxygen atoms in total. The highest BCUT2D eigenvalue weighted by atomic mass is 79.9. The number of hydrogen-bond acceptors (Lipinski definition) is 4. The van der Waals surface area contributed by atoms with Crippen molar-refractivity contribution >= 4 is 33.5 Å². The number of aromatic nitrogens is 2. The summed E-state index contributed by atoms with van der Waals surface area (Å²) in [4.78, 5) is 20.6. The summed E-state index contributed by atoms with van der Waals surface area (Å²) in [5.41, 5.74) is 2.19. The van der Waals surface area contributed by atoms with E-state index in [1.54, 1.807) is 12.3 Å². The van der Waals surface area contributed by atoms with Crippen molar-refractivity contribution in [2.45, 2.75) is 6.54 Å². The van der Waals surface area contributed by atoms with Gasteiger partial charge in [0, 0.05) is 22.9 Å². The molecule has 120 valence electrons. The van der Waals surface area contributed by atoms with Gasteiger partial charge in [-0.15, -0.1) is 0 Å². The van der Waals surface area contributed by atoms with Gasteiger partial charge in [0.2, 0.25) is 5.95 Å². The normalized spacial score (nSPS) is 10.2. The molecular formula is C18H15BrN4O. The van der Waals surface area contributed by atoms with Gasteiger partial charge < -0.3 is 10.6 Å². The fourth-order valence-corrected chi connectivity index (χ4v) is 2.51. The summed E-state index contributed by atoms with van der Waals surface area (Å²) >= 11 is 3.41. The van der Waals surface area contributed by atoms with Crippen LogP contribution in [0.3, 0.4) is 0 Å². The van der Waals surface area contributed by atoms with E-state index in [0.717, 1.165) is 15.7 Å². The van der Waals surface area contributed by atoms with E-state index in [1.165, 1.54) is 0 Å². The number of rotatable bonds is 5. The van der Waals surface area contributed by atoms with Crippen LogP contribution in [-0.4, -0.2) is 15.9 Å². The first-order valence-corrected chi connectivity index (χ1v) is 8.18. The Kier molecular flexibility index (Phi) is 5.18. The lowest BCUT2D eigenvalue weighted by molar-refractivity contribution is 0.0946. The number of nitrogens with one attached hydrogen (secondary N) is 2. The Morgan fingerprint density at radius 3 is 2.67 bits per heavy atom. The average Bonchev–Trinajstić information content (AvgIpc) is 2.61. The summed E-state index contributed by atoms with van der Waals surface area (Å²) in [5.74, 6) is 0.138. The summed E-state index contributed by atoms with van der Waals surface area (Å²) in [6.07, 6.45) is 1.56. The van der Waals surface area contributed by atoms with E-state index >= 15 is 0 Å². The molecule has 1 heterocycles. The van der Waals surface area contributed by atoms with Crippen LogP contribution in [0, 0.1) is 0 Å². The Bertz CT molecular complexity index is 839. The first-order chi connectivity index (χ1) is 11.7. The Hall–Kier alpha value is -2.73. The number of anilines is 2. The first kappa shape index (κ1) is 16.1. The van der Waals surface area contributed by atoms with Crippen LogP contribution in [0.5, 0.6) is 0 Å². The highest BCUT2D eigenvalue weighted by molar-refractivity contribution is 9.10. The smallest absolute Gasteiger partial charge is 0.270 e. The fourth-order valence-electron chi connectivity index (χ4n) is 2.11. The Morgan fingerprint density at radius 1 is 1.04 bits per heavy atom. The van der Waals surface area contributed by atoms with Crippen molar-refractivity contribution in [3.8, 4) is 0 Å². The predicted molar refractivity (Wildman–Crippen MR) is 97.1 cm³/mol. The number of carbonyl (C=O) groups is 1. The third kappa shape index (κ3) is 4.39. The second kappa shape index (κ2) is 7.70. The van der Waals surface area contributed by atoms with Crippen molar-refractivity contribution in [1.29, 1.82) is 0 Å². The van der Waals surface area contributed by atoms with Gasteiger partial charge in [-0.25, -0.2) is 9.97 Å². The van der Waals surface area contributed by atoms with Crippen LogP contribution in [0.25, 0.3) is 0 Å². The number of hydrogen-bond donors (Lipinski definition) is 2. The molecule has 3 aromatic rings. The van der Waals surface area contributed by atoms with Crippen molar-refractivity contribution in [2.24, 2.45) is 0 Å². The zero-order valence-corrected chi connectivity index (χ0v) is 14.3. The van der Waals surface area contributed by atoms with Crippen LogP contribution in [0.15, 0.2) is 71.3 Å². The van der Waals surface area contributed by atoms with E-state index in [2.05, 4.69) is 36.5 Å². The van der Waals surface area contributed by atoms with Crippen molar-refractivity contribution in [2.75, 3.05) is 5.32 Å². The summed E-state index contributed by atoms with van der Waals surface area (Å²) in [5, 5.41) is 5.93. The molecule has 0 fully saturated rings. The second-order valence-electron chi connectivity index (χ2n) is 5.07. The molecule has 0 spiro atoms. The SMILES string of the molecule is O=C(NCc1ccccc1)c1ccnc(Nc2cccc(Br)c2)n1. The molecular weight excluding hydrogens is 368 g/mol. The zero-order chi connectivity index (χ0) is 16.8. The lowest BCUT2D eigenvalue weighted by atomic mass is 10.2. The van der Waals surface area contributed by atoms with E-state index in [-0.39, 0.29) is 5.91 Å². The summed E-state index contributed by atoms with van der Waals surface area (Å²) in [7, 11) is 0. The fraction of sp³-hybridized carbons (Fsp3) is 0.0556. The minimum atomic E-state index is -0.237. The minimum Gasteiger partial charge on any atom is -0.347 e. The molecule has 0 unspecified atom stereocenters. The van der Waals surface area contributed by atoms with Gasteiger partial charge in [-0.2, -0.15) is 0 Å². The van der Waals surface area contributed by atoms with Crippen LogP contribution in [0.4, 0.5) is 11.6 Å². The maximum absolute atomic E-state index is 12.2. The highest BCUT2D eigenvalue weighted by Gasteiger charge is 2.09. The molecule has 2 aromatic carbocycles. The van der Waals surface area contributed by atoms with Crippen LogP contribution < -0.4 is 10.6 Å². The van der Waals surface area contributed by atoms with Gasteiger partial charge in [0.1, 0.15) is 5.69 Å². The molecule has 1 aromatic heterocycles. The topological polar surface area (TPSA) is 66.9 Å². The molecule has 0 saturated heterocycles. The molecule has 3 rings (SSSR count). The average molecular weight is 383 g/mol. The van der Waals surface area contributed by atoms with Crippen molar-refractivity contribution < 1.29 is 4.79 Å². The lowest BCUT2D eigenvalue weighted by Crippen LogP contribution is -2.24. The van der Waals surface area contributed by atoms with Gasteiger partial charge in [-0.3, -0.25) is 4.79 Å². The first-order valence-electron chi connectivity index (χ1n) is 7.38. The molecule has 0 aliphatic carbocycles. The third-order valence-corrected chi connectivity index (χ3v) is 3.76. The number of amides is 1. The van der Waals surface area contributed by atoms with Crippen molar-refractivity contribution in [3.05, 3.63) is 82.6 Å². The molecule has 1 amide bonds. The molecule has 6 heteroatoms. The number of nitrogens with zero attached hydrogens (tertiary/aromatic N) is 2. The van der Waals surface area contributed by atoms with Gasteiger partial charge in [0.05, 0.1) is 0 Å². The van der Waals surface area contributed by atoms with Gasteiger partial charge in [0.25, 0.3) is 5.91 Å².